The molecule has 5 rings (SSSR count). The Bertz CT molecular complexity index is 1810. The summed E-state index contributed by atoms with van der Waals surface area (Å²) in [6.07, 6.45) is 2.22. The zero-order valence-corrected chi connectivity index (χ0v) is 25.6. The van der Waals surface area contributed by atoms with Gasteiger partial charge in [0.2, 0.25) is 16.9 Å². The molecule has 10 nitrogen and oxygen atoms in total. The number of rotatable bonds is 12. The van der Waals surface area contributed by atoms with Gasteiger partial charge in [-0.2, -0.15) is 0 Å². The van der Waals surface area contributed by atoms with Crippen LogP contribution in [0.25, 0.3) is 33.2 Å². The number of benzene rings is 3. The van der Waals surface area contributed by atoms with Crippen molar-refractivity contribution in [2.24, 2.45) is 0 Å². The van der Waals surface area contributed by atoms with Gasteiger partial charge in [0.15, 0.2) is 17.3 Å². The fourth-order valence-electron chi connectivity index (χ4n) is 4.78. The molecule has 0 spiro atoms. The average molecular weight is 605 g/mol. The predicted molar refractivity (Wildman–Crippen MR) is 166 cm³/mol. The highest BCUT2D eigenvalue weighted by Gasteiger charge is 2.24. The van der Waals surface area contributed by atoms with Crippen LogP contribution in [0.4, 0.5) is 0 Å². The van der Waals surface area contributed by atoms with Crippen molar-refractivity contribution < 1.29 is 32.8 Å². The molecule has 0 N–H and O–H groups in total. The van der Waals surface area contributed by atoms with Crippen LogP contribution in [0.15, 0.2) is 63.0 Å². The minimum absolute atomic E-state index is 0.0401. The Kier molecular flexibility index (Phi) is 9.10. The smallest absolute Gasteiger partial charge is 0.239 e. The Labute approximate surface area is 252 Å². The van der Waals surface area contributed by atoms with Crippen LogP contribution in [0.1, 0.15) is 12.0 Å². The molecule has 0 aliphatic rings. The monoisotopic (exact) mass is 604 g/mol. The molecule has 0 radical (unpaired) electrons. The summed E-state index contributed by atoms with van der Waals surface area (Å²) in [4.78, 5) is 22.9. The molecule has 0 saturated carbocycles. The van der Waals surface area contributed by atoms with E-state index in [1.807, 2.05) is 25.1 Å². The molecule has 0 amide bonds. The van der Waals surface area contributed by atoms with Crippen LogP contribution in [-0.2, 0) is 0 Å². The normalized spacial score (nSPS) is 11.0. The van der Waals surface area contributed by atoms with Gasteiger partial charge in [-0.05, 0) is 31.0 Å². The number of fused-ring (bicyclic) bond motifs is 2. The molecule has 11 heteroatoms. The van der Waals surface area contributed by atoms with Gasteiger partial charge < -0.3 is 32.8 Å². The van der Waals surface area contributed by atoms with Gasteiger partial charge in [0.25, 0.3) is 0 Å². The second-order valence-electron chi connectivity index (χ2n) is 9.41. The van der Waals surface area contributed by atoms with E-state index in [9.17, 15) is 4.79 Å². The molecular weight excluding hydrogens is 572 g/mol. The average Bonchev–Trinajstić information content (AvgIpc) is 3.04. The molecule has 0 aliphatic carbocycles. The molecule has 0 unspecified atom stereocenters. The maximum atomic E-state index is 14.0. The molecule has 224 valence electrons. The number of aromatic nitrogens is 2. The summed E-state index contributed by atoms with van der Waals surface area (Å²) in [5, 5.41) is 2.15. The molecule has 0 saturated heterocycles. The van der Waals surface area contributed by atoms with Gasteiger partial charge in [-0.15, -0.1) is 11.8 Å². The fourth-order valence-corrected chi connectivity index (χ4v) is 5.68. The first-order chi connectivity index (χ1) is 20.9. The highest BCUT2D eigenvalue weighted by Crippen LogP contribution is 2.44. The molecule has 2 heterocycles. The first kappa shape index (κ1) is 29.8. The zero-order valence-electron chi connectivity index (χ0n) is 24.8. The Morgan fingerprint density at radius 3 is 2.26 bits per heavy atom. The minimum atomic E-state index is -0.380. The number of nitrogens with zero attached hydrogens (tertiary/aromatic N) is 2. The zero-order chi connectivity index (χ0) is 30.5. The SMILES string of the molecule is COc1cc(OC)c2c(=O)c(OCCCSc3ncnc4c(C)cccc34)c(-c3cc(OC)c(OC)c(OC)c3)oc2c1. The summed E-state index contributed by atoms with van der Waals surface area (Å²) >= 11 is 1.61. The number of methoxy groups -OCH3 is 5. The maximum absolute atomic E-state index is 14.0. The van der Waals surface area contributed by atoms with Crippen LogP contribution in [-0.4, -0.2) is 57.9 Å². The van der Waals surface area contributed by atoms with Crippen molar-refractivity contribution >= 4 is 33.6 Å². The summed E-state index contributed by atoms with van der Waals surface area (Å²) in [6.45, 7) is 2.28. The maximum Gasteiger partial charge on any atom is 0.239 e. The minimum Gasteiger partial charge on any atom is -0.496 e. The van der Waals surface area contributed by atoms with E-state index in [-0.39, 0.29) is 34.5 Å². The van der Waals surface area contributed by atoms with Crippen LogP contribution >= 0.6 is 11.8 Å². The van der Waals surface area contributed by atoms with Gasteiger partial charge in [0.05, 0.1) is 47.7 Å². The van der Waals surface area contributed by atoms with Crippen LogP contribution in [0.5, 0.6) is 34.5 Å². The third-order valence-corrected chi connectivity index (χ3v) is 7.97. The lowest BCUT2D eigenvalue weighted by Gasteiger charge is -2.17. The van der Waals surface area contributed by atoms with E-state index in [1.165, 1.54) is 35.5 Å². The van der Waals surface area contributed by atoms with E-state index in [1.54, 1.807) is 42.4 Å². The molecular formula is C32H32N2O8S. The van der Waals surface area contributed by atoms with E-state index in [0.29, 0.717) is 46.5 Å². The lowest BCUT2D eigenvalue weighted by molar-refractivity contribution is 0.309. The Balaban J connectivity index is 1.50. The summed E-state index contributed by atoms with van der Waals surface area (Å²) in [5.74, 6) is 2.95. The van der Waals surface area contributed by atoms with Gasteiger partial charge in [-0.25, -0.2) is 9.97 Å². The van der Waals surface area contributed by atoms with E-state index < -0.39 is 0 Å². The lowest BCUT2D eigenvalue weighted by atomic mass is 10.1. The fraction of sp³-hybridized carbons (Fsp3) is 0.281. The molecule has 3 aromatic carbocycles. The highest BCUT2D eigenvalue weighted by atomic mass is 32.2. The topological polar surface area (TPSA) is 111 Å². The van der Waals surface area contributed by atoms with Crippen LogP contribution in [0.3, 0.4) is 0 Å². The first-order valence-corrected chi connectivity index (χ1v) is 14.4. The molecule has 0 bridgehead atoms. The third-order valence-electron chi connectivity index (χ3n) is 6.88. The predicted octanol–water partition coefficient (Wildman–Crippen LogP) is 6.32. The van der Waals surface area contributed by atoms with Crippen molar-refractivity contribution in [3.05, 3.63) is 64.6 Å². The third kappa shape index (κ3) is 5.85. The van der Waals surface area contributed by atoms with Crippen molar-refractivity contribution in [2.45, 2.75) is 18.4 Å². The number of thioether (sulfide) groups is 1. The van der Waals surface area contributed by atoms with Gasteiger partial charge >= 0.3 is 0 Å². The molecule has 0 aliphatic heterocycles. The number of ether oxygens (including phenoxy) is 6. The van der Waals surface area contributed by atoms with E-state index in [2.05, 4.69) is 9.97 Å². The van der Waals surface area contributed by atoms with E-state index >= 15 is 0 Å². The standard InChI is InChI=1S/C32H32N2O8S/c1-18-9-7-10-21-27(18)33-17-34-32(21)43-12-8-11-41-31-28(35)26-22(37-3)15-20(36-2)16-23(26)42-29(31)19-13-24(38-4)30(40-6)25(14-19)39-5/h7,9-10,13-17H,8,11-12H2,1-6H3. The lowest BCUT2D eigenvalue weighted by Crippen LogP contribution is -2.12. The number of hydrogen-bond acceptors (Lipinski definition) is 11. The quantitative estimate of drug-likeness (QED) is 0.0906. The highest BCUT2D eigenvalue weighted by molar-refractivity contribution is 7.99. The van der Waals surface area contributed by atoms with Crippen molar-refractivity contribution in [1.29, 1.82) is 0 Å². The second kappa shape index (κ2) is 13.1. The van der Waals surface area contributed by atoms with Gasteiger partial charge in [-0.1, -0.05) is 18.2 Å². The second-order valence-corrected chi connectivity index (χ2v) is 10.5. The van der Waals surface area contributed by atoms with Crippen molar-refractivity contribution in [2.75, 3.05) is 47.9 Å². The van der Waals surface area contributed by atoms with Gasteiger partial charge in [0.1, 0.15) is 33.8 Å². The van der Waals surface area contributed by atoms with Gasteiger partial charge in [-0.3, -0.25) is 4.79 Å². The van der Waals surface area contributed by atoms with E-state index in [0.717, 1.165) is 21.5 Å². The first-order valence-electron chi connectivity index (χ1n) is 13.4. The van der Waals surface area contributed by atoms with Crippen LogP contribution in [0.2, 0.25) is 0 Å². The Morgan fingerprint density at radius 1 is 0.837 bits per heavy atom. The van der Waals surface area contributed by atoms with E-state index in [4.69, 9.17) is 32.8 Å². The number of hydrogen-bond donors (Lipinski definition) is 0. The molecule has 5 aromatic rings. The Morgan fingerprint density at radius 2 is 1.58 bits per heavy atom. The van der Waals surface area contributed by atoms with Crippen molar-refractivity contribution in [3.63, 3.8) is 0 Å². The number of para-hydroxylation sites is 1. The Hall–Kier alpha value is -4.64. The molecule has 0 fully saturated rings. The van der Waals surface area contributed by atoms with Crippen LogP contribution in [0, 0.1) is 6.92 Å². The summed E-state index contributed by atoms with van der Waals surface area (Å²) in [6, 6.07) is 12.7. The van der Waals surface area contributed by atoms with Crippen LogP contribution < -0.4 is 33.8 Å². The van der Waals surface area contributed by atoms with Gasteiger partial charge in [0, 0.05) is 28.8 Å². The summed E-state index contributed by atoms with van der Waals surface area (Å²) < 4.78 is 40.0. The number of aryl methyl sites for hydroxylation is 1. The molecule has 2 aromatic heterocycles. The summed E-state index contributed by atoms with van der Waals surface area (Å²) in [7, 11) is 7.57. The van der Waals surface area contributed by atoms with Crippen molar-refractivity contribution in [1.82, 2.24) is 9.97 Å². The summed E-state index contributed by atoms with van der Waals surface area (Å²) in [5.41, 5.74) is 2.43. The van der Waals surface area contributed by atoms with Crippen molar-refractivity contribution in [3.8, 4) is 45.8 Å². The largest absolute Gasteiger partial charge is 0.496 e. The molecule has 43 heavy (non-hydrogen) atoms. The molecule has 0 atom stereocenters.